The summed E-state index contributed by atoms with van der Waals surface area (Å²) >= 11 is 6.20. The Hall–Kier alpha value is -1.55. The van der Waals surface area contributed by atoms with E-state index in [4.69, 9.17) is 11.6 Å². The molecule has 0 aliphatic carbocycles. The lowest BCUT2D eigenvalue weighted by Crippen LogP contribution is -2.46. The van der Waals surface area contributed by atoms with Crippen molar-refractivity contribution in [1.82, 2.24) is 9.80 Å². The molecule has 2 aromatic rings. The van der Waals surface area contributed by atoms with Crippen LogP contribution in [0.2, 0.25) is 5.02 Å². The second-order valence-corrected chi connectivity index (χ2v) is 11.2. The molecule has 0 bridgehead atoms. The number of hydrogen-bond donors (Lipinski definition) is 1. The van der Waals surface area contributed by atoms with Crippen molar-refractivity contribution in [2.75, 3.05) is 33.2 Å². The largest absolute Gasteiger partial charge is 0.507 e. The molecule has 0 saturated carbocycles. The number of hydrogen-bond acceptors (Lipinski definition) is 3. The molecule has 1 saturated heterocycles. The molecular weight excluding hydrogens is 392 g/mol. The zero-order valence-corrected chi connectivity index (χ0v) is 20.3. The minimum absolute atomic E-state index is 0.138. The fraction of sp³-hybridized carbons (Fsp3) is 0.538. The minimum Gasteiger partial charge on any atom is -0.507 e. The molecule has 1 N–H and O–H groups in total. The van der Waals surface area contributed by atoms with E-state index in [0.29, 0.717) is 5.75 Å². The number of piperazine rings is 1. The summed E-state index contributed by atoms with van der Waals surface area (Å²) in [5.41, 5.74) is 4.22. The van der Waals surface area contributed by atoms with E-state index in [0.717, 1.165) is 42.3 Å². The molecule has 1 aliphatic rings. The molecule has 1 unspecified atom stereocenters. The number of phenolic OH excluding ortho intramolecular Hbond substituents is 1. The topological polar surface area (TPSA) is 26.7 Å². The number of phenols is 1. The molecule has 1 atom stereocenters. The van der Waals surface area contributed by atoms with Gasteiger partial charge in [0.1, 0.15) is 5.75 Å². The van der Waals surface area contributed by atoms with Gasteiger partial charge in [-0.15, -0.1) is 0 Å². The first-order valence-corrected chi connectivity index (χ1v) is 11.3. The average molecular weight is 429 g/mol. The van der Waals surface area contributed by atoms with Crippen LogP contribution in [-0.2, 0) is 10.8 Å². The van der Waals surface area contributed by atoms with E-state index in [1.54, 1.807) is 0 Å². The first-order valence-electron chi connectivity index (χ1n) is 10.9. The Labute approximate surface area is 187 Å². The van der Waals surface area contributed by atoms with Gasteiger partial charge < -0.3 is 10.0 Å². The molecule has 0 amide bonds. The summed E-state index contributed by atoms with van der Waals surface area (Å²) in [6, 6.07) is 12.8. The summed E-state index contributed by atoms with van der Waals surface area (Å²) in [4.78, 5) is 4.95. The lowest BCUT2D eigenvalue weighted by Gasteiger charge is -2.39. The van der Waals surface area contributed by atoms with Gasteiger partial charge in [-0.2, -0.15) is 0 Å². The summed E-state index contributed by atoms with van der Waals surface area (Å²) in [5, 5.41) is 11.9. The molecule has 1 fully saturated rings. The van der Waals surface area contributed by atoms with E-state index in [-0.39, 0.29) is 16.9 Å². The van der Waals surface area contributed by atoms with Crippen LogP contribution in [0.15, 0.2) is 36.4 Å². The van der Waals surface area contributed by atoms with Crippen molar-refractivity contribution in [3.63, 3.8) is 0 Å². The van der Waals surface area contributed by atoms with Crippen LogP contribution in [0, 0.1) is 0 Å². The smallest absolute Gasteiger partial charge is 0.123 e. The SMILES string of the molecule is CN1CCN(C(c2ccc(Cl)cc2)c2cc(C(C)(C)C)c(O)c(C(C)(C)C)c2)CC1. The number of aromatic hydroxyl groups is 1. The maximum absolute atomic E-state index is 11.2. The molecule has 0 aromatic heterocycles. The zero-order chi connectivity index (χ0) is 22.3. The third-order valence-corrected chi connectivity index (χ3v) is 6.40. The Kier molecular flexibility index (Phi) is 6.57. The molecular formula is C26H37ClN2O. The summed E-state index contributed by atoms with van der Waals surface area (Å²) in [5.74, 6) is 0.437. The van der Waals surface area contributed by atoms with Gasteiger partial charge in [-0.3, -0.25) is 4.90 Å². The van der Waals surface area contributed by atoms with Crippen molar-refractivity contribution >= 4 is 11.6 Å². The van der Waals surface area contributed by atoms with Gasteiger partial charge in [0, 0.05) is 31.2 Å². The van der Waals surface area contributed by atoms with Gasteiger partial charge in [-0.1, -0.05) is 65.3 Å². The molecule has 2 aromatic carbocycles. The highest BCUT2D eigenvalue weighted by Crippen LogP contribution is 2.43. The standard InChI is InChI=1S/C26H37ClN2O/c1-25(2,3)21-16-19(17-22(24(21)30)26(4,5)6)23(18-8-10-20(27)11-9-18)29-14-12-28(7)13-15-29/h8-11,16-17,23,30H,12-15H2,1-7H3. The predicted octanol–water partition coefficient (Wildman–Crippen LogP) is 5.98. The van der Waals surface area contributed by atoms with Gasteiger partial charge in [-0.05, 0) is 64.4 Å². The number of rotatable bonds is 3. The number of halogens is 1. The Morgan fingerprint density at radius 3 is 1.70 bits per heavy atom. The highest BCUT2D eigenvalue weighted by molar-refractivity contribution is 6.30. The van der Waals surface area contributed by atoms with Crippen molar-refractivity contribution in [3.8, 4) is 5.75 Å². The third-order valence-electron chi connectivity index (χ3n) is 6.15. The van der Waals surface area contributed by atoms with Gasteiger partial charge in [0.25, 0.3) is 0 Å². The average Bonchev–Trinajstić information content (AvgIpc) is 2.64. The van der Waals surface area contributed by atoms with Gasteiger partial charge >= 0.3 is 0 Å². The molecule has 0 radical (unpaired) electrons. The summed E-state index contributed by atoms with van der Waals surface area (Å²) < 4.78 is 0. The van der Waals surface area contributed by atoms with Crippen LogP contribution in [0.4, 0.5) is 0 Å². The van der Waals surface area contributed by atoms with Crippen molar-refractivity contribution in [1.29, 1.82) is 0 Å². The Bertz CT molecular complexity index is 834. The Balaban J connectivity index is 2.20. The molecule has 3 nitrogen and oxygen atoms in total. The van der Waals surface area contributed by atoms with Crippen LogP contribution in [0.5, 0.6) is 5.75 Å². The van der Waals surface area contributed by atoms with Gasteiger partial charge in [0.2, 0.25) is 0 Å². The van der Waals surface area contributed by atoms with Crippen LogP contribution in [0.3, 0.4) is 0 Å². The number of benzene rings is 2. The maximum Gasteiger partial charge on any atom is 0.123 e. The molecule has 164 valence electrons. The van der Waals surface area contributed by atoms with E-state index in [2.05, 4.69) is 82.7 Å². The second-order valence-electron chi connectivity index (χ2n) is 10.8. The van der Waals surface area contributed by atoms with E-state index < -0.39 is 0 Å². The van der Waals surface area contributed by atoms with E-state index in [1.165, 1.54) is 11.1 Å². The molecule has 1 heterocycles. The quantitative estimate of drug-likeness (QED) is 0.651. The Morgan fingerprint density at radius 1 is 0.800 bits per heavy atom. The normalized spacial score (nSPS) is 17.9. The van der Waals surface area contributed by atoms with E-state index in [1.807, 2.05) is 12.1 Å². The van der Waals surface area contributed by atoms with E-state index in [9.17, 15) is 5.11 Å². The lowest BCUT2D eigenvalue weighted by atomic mass is 9.77. The summed E-state index contributed by atoms with van der Waals surface area (Å²) in [6.45, 7) is 17.2. The van der Waals surface area contributed by atoms with Crippen LogP contribution in [0.1, 0.15) is 69.8 Å². The molecule has 4 heteroatoms. The first-order chi connectivity index (χ1) is 13.9. The maximum atomic E-state index is 11.2. The van der Waals surface area contributed by atoms with E-state index >= 15 is 0 Å². The third kappa shape index (κ3) is 5.01. The first kappa shape index (κ1) is 23.1. The summed E-state index contributed by atoms with van der Waals surface area (Å²) in [6.07, 6.45) is 0. The van der Waals surface area contributed by atoms with Gasteiger partial charge in [-0.25, -0.2) is 0 Å². The highest BCUT2D eigenvalue weighted by Gasteiger charge is 2.31. The van der Waals surface area contributed by atoms with Crippen molar-refractivity contribution in [2.24, 2.45) is 0 Å². The molecule has 30 heavy (non-hydrogen) atoms. The fourth-order valence-electron chi connectivity index (χ4n) is 4.30. The van der Waals surface area contributed by atoms with Crippen molar-refractivity contribution in [3.05, 3.63) is 63.7 Å². The Morgan fingerprint density at radius 2 is 1.27 bits per heavy atom. The zero-order valence-electron chi connectivity index (χ0n) is 19.6. The van der Waals surface area contributed by atoms with Gasteiger partial charge in [0.15, 0.2) is 0 Å². The van der Waals surface area contributed by atoms with Crippen LogP contribution in [0.25, 0.3) is 0 Å². The molecule has 1 aliphatic heterocycles. The minimum atomic E-state index is -0.146. The predicted molar refractivity (Wildman–Crippen MR) is 128 cm³/mol. The molecule has 0 spiro atoms. The van der Waals surface area contributed by atoms with Crippen LogP contribution in [-0.4, -0.2) is 48.1 Å². The monoisotopic (exact) mass is 428 g/mol. The number of nitrogens with zero attached hydrogens (tertiary/aromatic N) is 2. The second kappa shape index (κ2) is 8.53. The summed E-state index contributed by atoms with van der Waals surface area (Å²) in [7, 11) is 2.19. The van der Waals surface area contributed by atoms with Crippen LogP contribution >= 0.6 is 11.6 Å². The van der Waals surface area contributed by atoms with Crippen LogP contribution < -0.4 is 0 Å². The van der Waals surface area contributed by atoms with Crippen molar-refractivity contribution < 1.29 is 5.11 Å². The highest BCUT2D eigenvalue weighted by atomic mass is 35.5. The van der Waals surface area contributed by atoms with Crippen molar-refractivity contribution in [2.45, 2.75) is 58.4 Å². The lowest BCUT2D eigenvalue weighted by molar-refractivity contribution is 0.127. The molecule has 3 rings (SSSR count). The number of likely N-dealkylation sites (N-methyl/N-ethyl adjacent to an activating group) is 1. The van der Waals surface area contributed by atoms with Gasteiger partial charge in [0.05, 0.1) is 6.04 Å². The fourth-order valence-corrected chi connectivity index (χ4v) is 4.42.